The number of fused-ring (bicyclic) bond motifs is 2. The van der Waals surface area contributed by atoms with Crippen LogP contribution in [0, 0.1) is 11.6 Å². The number of halogens is 5. The number of nitrogens with zero attached hydrogens (tertiary/aromatic N) is 4. The fourth-order valence-corrected chi connectivity index (χ4v) is 9.64. The summed E-state index contributed by atoms with van der Waals surface area (Å²) in [5, 5.41) is 7.36. The molecule has 1 aliphatic carbocycles. The predicted molar refractivity (Wildman–Crippen MR) is 222 cm³/mol. The van der Waals surface area contributed by atoms with Crippen LogP contribution in [0.15, 0.2) is 89.4 Å². The molecule has 2 bridgehead atoms. The van der Waals surface area contributed by atoms with Crippen molar-refractivity contribution in [3.05, 3.63) is 118 Å². The Bertz CT molecular complexity index is 2010. The summed E-state index contributed by atoms with van der Waals surface area (Å²) in [7, 11) is 1.96. The molecule has 3 aliphatic heterocycles. The van der Waals surface area contributed by atoms with Gasteiger partial charge in [0.15, 0.2) is 11.6 Å². The lowest BCUT2D eigenvalue weighted by atomic mass is 9.74. The first-order chi connectivity index (χ1) is 26.7. The number of piperidine rings is 1. The summed E-state index contributed by atoms with van der Waals surface area (Å²) in [6.45, 7) is 21.1. The van der Waals surface area contributed by atoms with E-state index in [9.17, 15) is 8.78 Å². The van der Waals surface area contributed by atoms with E-state index in [0.29, 0.717) is 52.7 Å². The predicted octanol–water partition coefficient (Wildman–Crippen LogP) is 11.1. The van der Waals surface area contributed by atoms with Crippen molar-refractivity contribution in [2.24, 2.45) is 10.7 Å². The highest BCUT2D eigenvalue weighted by Gasteiger charge is 2.51. The number of aliphatic imine (C=N–C) groups is 1. The number of aryl methyl sites for hydroxylation is 1. The summed E-state index contributed by atoms with van der Waals surface area (Å²) < 4.78 is 76.2. The summed E-state index contributed by atoms with van der Waals surface area (Å²) in [6, 6.07) is 8.08. The minimum Gasteiger partial charge on any atom is -0.355 e. The Kier molecular flexibility index (Phi) is 11.9. The van der Waals surface area contributed by atoms with Crippen molar-refractivity contribution in [2.75, 3.05) is 18.9 Å². The Balaban J connectivity index is 1.28. The molecular weight excluding hydrogens is 732 g/mol. The lowest BCUT2D eigenvalue weighted by Gasteiger charge is -2.60. The van der Waals surface area contributed by atoms with E-state index < -0.39 is 28.8 Å². The van der Waals surface area contributed by atoms with Crippen molar-refractivity contribution < 1.29 is 22.0 Å². The molecule has 0 radical (unpaired) electrons. The van der Waals surface area contributed by atoms with Crippen molar-refractivity contribution >= 4 is 17.5 Å². The maximum absolute atomic E-state index is 16.0. The number of nitrogens with two attached hydrogens (primary N) is 1. The zero-order valence-corrected chi connectivity index (χ0v) is 34.5. The van der Waals surface area contributed by atoms with Crippen LogP contribution in [-0.2, 0) is 18.9 Å². The SMILES string of the molecule is C=C(Nc1ccc(C(C)(F)F)cc1C(=C)/C=C(\N=C/C)C(C)(C)F)C1=C(C)C2(CCCC2)N(C)N(Cc2ccc(CCCN3C4CCCC3(N)C4)c(F)c2F)C1=C. The van der Waals surface area contributed by atoms with Gasteiger partial charge in [0.1, 0.15) is 5.67 Å². The van der Waals surface area contributed by atoms with Crippen LogP contribution in [0.3, 0.4) is 0 Å². The van der Waals surface area contributed by atoms with Gasteiger partial charge in [0.25, 0.3) is 5.92 Å². The second kappa shape index (κ2) is 15.9. The van der Waals surface area contributed by atoms with Crippen molar-refractivity contribution in [1.29, 1.82) is 0 Å². The van der Waals surface area contributed by atoms with Crippen molar-refractivity contribution in [1.82, 2.24) is 14.9 Å². The maximum atomic E-state index is 16.0. The molecule has 6 rings (SSSR count). The number of nitrogens with one attached hydrogen (secondary N) is 1. The van der Waals surface area contributed by atoms with Gasteiger partial charge in [-0.2, -0.15) is 0 Å². The molecule has 11 heteroatoms. The normalized spacial score (nSPS) is 23.2. The molecule has 0 amide bonds. The number of anilines is 1. The molecule has 1 saturated carbocycles. The number of likely N-dealkylation sites (N-methyl/N-ethyl adjacent to an activating group) is 1. The summed E-state index contributed by atoms with van der Waals surface area (Å²) in [6.07, 6.45) is 11.9. The number of hydrogen-bond acceptors (Lipinski definition) is 6. The summed E-state index contributed by atoms with van der Waals surface area (Å²) in [5.41, 5.74) is 8.19. The molecule has 2 unspecified atom stereocenters. The summed E-state index contributed by atoms with van der Waals surface area (Å²) in [4.78, 5) is 6.53. The van der Waals surface area contributed by atoms with Gasteiger partial charge in [-0.3, -0.25) is 9.89 Å². The Labute approximate surface area is 335 Å². The van der Waals surface area contributed by atoms with Crippen molar-refractivity contribution in [3.63, 3.8) is 0 Å². The van der Waals surface area contributed by atoms with Gasteiger partial charge in [0, 0.05) is 66.4 Å². The van der Waals surface area contributed by atoms with Crippen LogP contribution in [0.5, 0.6) is 0 Å². The van der Waals surface area contributed by atoms with Crippen LogP contribution in [0.25, 0.3) is 5.57 Å². The zero-order valence-electron chi connectivity index (χ0n) is 34.5. The van der Waals surface area contributed by atoms with Gasteiger partial charge in [-0.15, -0.1) is 0 Å². The molecule has 3 N–H and O–H groups in total. The van der Waals surface area contributed by atoms with Gasteiger partial charge >= 0.3 is 0 Å². The van der Waals surface area contributed by atoms with Gasteiger partial charge in [-0.05, 0) is 114 Å². The van der Waals surface area contributed by atoms with Crippen LogP contribution in [0.1, 0.15) is 115 Å². The third-order valence-electron chi connectivity index (χ3n) is 12.9. The second-order valence-corrected chi connectivity index (χ2v) is 17.1. The minimum absolute atomic E-state index is 0.0300. The van der Waals surface area contributed by atoms with Crippen LogP contribution >= 0.6 is 0 Å². The smallest absolute Gasteiger partial charge is 0.270 e. The third kappa shape index (κ3) is 8.17. The quantitative estimate of drug-likeness (QED) is 0.113. The first kappa shape index (κ1) is 42.5. The molecule has 0 aromatic heterocycles. The van der Waals surface area contributed by atoms with Crippen LogP contribution in [0.4, 0.5) is 27.6 Å². The number of rotatable bonds is 14. The highest BCUT2D eigenvalue weighted by Crippen LogP contribution is 2.49. The molecule has 6 nitrogen and oxygen atoms in total. The number of alkyl halides is 3. The number of benzene rings is 2. The van der Waals surface area contributed by atoms with E-state index in [1.807, 2.05) is 19.0 Å². The average Bonchev–Trinajstić information content (AvgIpc) is 3.64. The molecule has 2 atom stereocenters. The van der Waals surface area contributed by atoms with Crippen LogP contribution < -0.4 is 11.1 Å². The van der Waals surface area contributed by atoms with Crippen LogP contribution in [0.2, 0.25) is 0 Å². The molecule has 4 aliphatic rings. The molecular formula is C46H59F5N6. The fraction of sp³-hybridized carbons (Fsp3) is 0.500. The summed E-state index contributed by atoms with van der Waals surface area (Å²) >= 11 is 0. The standard InChI is InChI=1S/C46H59F5N6/c1-10-53-39(43(6,7)49)25-29(2)37-26-35(44(8,50)51)19-20-38(37)54-31(4)40-30(3)45(21-11-12-22-45)55(9)57(32(40)5)28-34-18-17-33(41(47)42(34)48)15-14-24-56-36-16-13-23-46(56,52)27-36/h10,17-20,25-26,36,54H,2,4-5,11-16,21-24,27-28,52H2,1,3,6-9H3/b39-25-,53-10-. The fourth-order valence-electron chi connectivity index (χ4n) is 9.64. The van der Waals surface area contributed by atoms with Gasteiger partial charge in [0.05, 0.1) is 29.1 Å². The van der Waals surface area contributed by atoms with E-state index in [2.05, 4.69) is 40.0 Å². The molecule has 57 heavy (non-hydrogen) atoms. The minimum atomic E-state index is -3.15. The van der Waals surface area contributed by atoms with E-state index in [-0.39, 0.29) is 34.6 Å². The number of hydrogen-bond donors (Lipinski definition) is 2. The topological polar surface area (TPSA) is 60.1 Å². The molecule has 3 fully saturated rings. The highest BCUT2D eigenvalue weighted by atomic mass is 19.3. The van der Waals surface area contributed by atoms with E-state index >= 15 is 13.2 Å². The average molecular weight is 791 g/mol. The third-order valence-corrected chi connectivity index (χ3v) is 12.9. The zero-order chi connectivity index (χ0) is 41.7. The van der Waals surface area contributed by atoms with Gasteiger partial charge < -0.3 is 16.1 Å². The Morgan fingerprint density at radius 3 is 2.30 bits per heavy atom. The van der Waals surface area contributed by atoms with E-state index in [0.717, 1.165) is 70.4 Å². The molecule has 1 spiro atoms. The van der Waals surface area contributed by atoms with E-state index in [1.165, 1.54) is 44.3 Å². The van der Waals surface area contributed by atoms with Gasteiger partial charge in [0.2, 0.25) is 0 Å². The van der Waals surface area contributed by atoms with Gasteiger partial charge in [-0.25, -0.2) is 27.0 Å². The summed E-state index contributed by atoms with van der Waals surface area (Å²) in [5.74, 6) is -4.85. The van der Waals surface area contributed by atoms with Crippen molar-refractivity contribution in [2.45, 2.75) is 134 Å². The molecule has 2 saturated heterocycles. The van der Waals surface area contributed by atoms with E-state index in [1.54, 1.807) is 19.1 Å². The highest BCUT2D eigenvalue weighted by molar-refractivity contribution is 5.83. The largest absolute Gasteiger partial charge is 0.355 e. The second-order valence-electron chi connectivity index (χ2n) is 17.1. The number of allylic oxidation sites excluding steroid dienone is 3. The molecule has 308 valence electrons. The lowest BCUT2D eigenvalue weighted by molar-refractivity contribution is -0.109. The molecule has 2 aromatic carbocycles. The first-order valence-electron chi connectivity index (χ1n) is 20.2. The monoisotopic (exact) mass is 790 g/mol. The molecule has 3 heterocycles. The maximum Gasteiger partial charge on any atom is 0.270 e. The molecule has 2 aromatic rings. The number of hydrazine groups is 1. The first-order valence-corrected chi connectivity index (χ1v) is 20.2. The van der Waals surface area contributed by atoms with Gasteiger partial charge in [-0.1, -0.05) is 50.8 Å². The Hall–Kier alpha value is -4.06. The van der Waals surface area contributed by atoms with E-state index in [4.69, 9.17) is 5.73 Å². The van der Waals surface area contributed by atoms with Crippen molar-refractivity contribution in [3.8, 4) is 0 Å². The Morgan fingerprint density at radius 1 is 1.02 bits per heavy atom. The van der Waals surface area contributed by atoms with Crippen LogP contribution in [-0.4, -0.2) is 57.6 Å². The Morgan fingerprint density at radius 2 is 1.68 bits per heavy atom. The lowest BCUT2D eigenvalue weighted by Crippen LogP contribution is -2.73.